The molecule has 90 valence electrons. The van der Waals surface area contributed by atoms with Gasteiger partial charge < -0.3 is 15.1 Å². The van der Waals surface area contributed by atoms with Crippen molar-refractivity contribution in [3.8, 4) is 11.4 Å². The van der Waals surface area contributed by atoms with Gasteiger partial charge in [-0.05, 0) is 12.1 Å². The van der Waals surface area contributed by atoms with Gasteiger partial charge in [-0.3, -0.25) is 0 Å². The van der Waals surface area contributed by atoms with Crippen molar-refractivity contribution in [2.24, 2.45) is 0 Å². The molecule has 0 bridgehead atoms. The number of carbonyl (C=O) groups is 1. The van der Waals surface area contributed by atoms with E-state index in [1.54, 1.807) is 18.2 Å². The molecule has 0 atom stereocenters. The predicted molar refractivity (Wildman–Crippen MR) is 62.8 cm³/mol. The molecule has 0 aliphatic heterocycles. The molecule has 0 saturated carbocycles. The molecule has 2 heterocycles. The van der Waals surface area contributed by atoms with E-state index in [-0.39, 0.29) is 17.2 Å². The molecule has 5 nitrogen and oxygen atoms in total. The molecular formula is C12H8FN3O2. The second-order valence-electron chi connectivity index (χ2n) is 3.82. The number of aromatic nitrogens is 3. The van der Waals surface area contributed by atoms with Crippen LogP contribution in [0.4, 0.5) is 4.39 Å². The van der Waals surface area contributed by atoms with Crippen LogP contribution in [0.5, 0.6) is 0 Å². The average Bonchev–Trinajstić information content (AvgIpc) is 2.95. The minimum absolute atomic E-state index is 0.0260. The SMILES string of the molecule is O=C(O)c1[nH]cnc1-c1cc2cccc(F)c2[nH]1. The summed E-state index contributed by atoms with van der Waals surface area (Å²) >= 11 is 0. The van der Waals surface area contributed by atoms with Crippen LogP contribution in [-0.2, 0) is 0 Å². The molecule has 3 aromatic rings. The number of hydrogen-bond donors (Lipinski definition) is 3. The second-order valence-corrected chi connectivity index (χ2v) is 3.82. The predicted octanol–water partition coefficient (Wildman–Crippen LogP) is 2.40. The van der Waals surface area contributed by atoms with Crippen molar-refractivity contribution in [3.05, 3.63) is 42.1 Å². The number of carboxylic acid groups (broad SMARTS) is 1. The van der Waals surface area contributed by atoms with Crippen LogP contribution >= 0.6 is 0 Å². The Hall–Kier alpha value is -2.63. The number of aromatic carboxylic acids is 1. The summed E-state index contributed by atoms with van der Waals surface area (Å²) in [5.74, 6) is -1.49. The number of halogens is 1. The summed E-state index contributed by atoms with van der Waals surface area (Å²) in [4.78, 5) is 20.3. The maximum Gasteiger partial charge on any atom is 0.354 e. The molecular weight excluding hydrogens is 237 g/mol. The van der Waals surface area contributed by atoms with E-state index in [9.17, 15) is 9.18 Å². The number of rotatable bonds is 2. The third-order valence-corrected chi connectivity index (χ3v) is 2.71. The average molecular weight is 245 g/mol. The van der Waals surface area contributed by atoms with Crippen molar-refractivity contribution in [1.29, 1.82) is 0 Å². The largest absolute Gasteiger partial charge is 0.477 e. The third-order valence-electron chi connectivity index (χ3n) is 2.71. The van der Waals surface area contributed by atoms with Crippen molar-refractivity contribution < 1.29 is 14.3 Å². The highest BCUT2D eigenvalue weighted by Crippen LogP contribution is 2.26. The first-order valence-corrected chi connectivity index (χ1v) is 5.21. The summed E-state index contributed by atoms with van der Waals surface area (Å²) in [5, 5.41) is 9.66. The number of benzene rings is 1. The molecule has 3 rings (SSSR count). The fraction of sp³-hybridized carbons (Fsp3) is 0. The molecule has 18 heavy (non-hydrogen) atoms. The number of para-hydroxylation sites is 1. The highest BCUT2D eigenvalue weighted by atomic mass is 19.1. The Balaban J connectivity index is 2.23. The van der Waals surface area contributed by atoms with Gasteiger partial charge in [0.1, 0.15) is 11.5 Å². The van der Waals surface area contributed by atoms with Crippen molar-refractivity contribution in [1.82, 2.24) is 15.0 Å². The molecule has 1 aromatic carbocycles. The number of nitrogens with zero attached hydrogens (tertiary/aromatic N) is 1. The lowest BCUT2D eigenvalue weighted by Crippen LogP contribution is -1.99. The lowest BCUT2D eigenvalue weighted by atomic mass is 10.2. The van der Waals surface area contributed by atoms with E-state index in [4.69, 9.17) is 5.11 Å². The van der Waals surface area contributed by atoms with Crippen molar-refractivity contribution in [3.63, 3.8) is 0 Å². The van der Waals surface area contributed by atoms with Gasteiger partial charge in [-0.15, -0.1) is 0 Å². The summed E-state index contributed by atoms with van der Waals surface area (Å²) in [5.41, 5.74) is 1.04. The van der Waals surface area contributed by atoms with Crippen LogP contribution in [0.3, 0.4) is 0 Å². The summed E-state index contributed by atoms with van der Waals surface area (Å²) < 4.78 is 13.5. The summed E-state index contributed by atoms with van der Waals surface area (Å²) in [7, 11) is 0. The maximum absolute atomic E-state index is 13.5. The van der Waals surface area contributed by atoms with Crippen LogP contribution in [0.15, 0.2) is 30.6 Å². The summed E-state index contributed by atoms with van der Waals surface area (Å²) in [6, 6.07) is 6.34. The van der Waals surface area contributed by atoms with Crippen LogP contribution in [-0.4, -0.2) is 26.0 Å². The molecule has 0 aliphatic rings. The number of hydrogen-bond acceptors (Lipinski definition) is 2. The van der Waals surface area contributed by atoms with E-state index in [0.717, 1.165) is 0 Å². The number of carboxylic acids is 1. The Morgan fingerprint density at radius 3 is 2.94 bits per heavy atom. The molecule has 0 spiro atoms. The van der Waals surface area contributed by atoms with Gasteiger partial charge in [-0.2, -0.15) is 0 Å². The van der Waals surface area contributed by atoms with E-state index in [1.807, 2.05) is 0 Å². The van der Waals surface area contributed by atoms with Crippen molar-refractivity contribution >= 4 is 16.9 Å². The Bertz CT molecular complexity index is 745. The van der Waals surface area contributed by atoms with E-state index in [2.05, 4.69) is 15.0 Å². The molecule has 0 saturated heterocycles. The van der Waals surface area contributed by atoms with Gasteiger partial charge in [0, 0.05) is 5.39 Å². The minimum atomic E-state index is -1.11. The maximum atomic E-state index is 13.5. The fourth-order valence-electron chi connectivity index (χ4n) is 1.91. The first-order valence-electron chi connectivity index (χ1n) is 5.21. The first kappa shape index (κ1) is 10.5. The lowest BCUT2D eigenvalue weighted by Gasteiger charge is -1.94. The zero-order chi connectivity index (χ0) is 12.7. The van der Waals surface area contributed by atoms with E-state index in [0.29, 0.717) is 16.6 Å². The van der Waals surface area contributed by atoms with E-state index >= 15 is 0 Å². The van der Waals surface area contributed by atoms with Crippen molar-refractivity contribution in [2.45, 2.75) is 0 Å². The first-order chi connectivity index (χ1) is 8.66. The van der Waals surface area contributed by atoms with Gasteiger partial charge in [-0.1, -0.05) is 12.1 Å². The van der Waals surface area contributed by atoms with Crippen LogP contribution in [0, 0.1) is 5.82 Å². The summed E-state index contributed by atoms with van der Waals surface area (Å²) in [6.45, 7) is 0. The normalized spacial score (nSPS) is 10.9. The monoisotopic (exact) mass is 245 g/mol. The van der Waals surface area contributed by atoms with Crippen molar-refractivity contribution in [2.75, 3.05) is 0 Å². The Kier molecular flexibility index (Phi) is 2.16. The number of H-pyrrole nitrogens is 2. The van der Waals surface area contributed by atoms with E-state index in [1.165, 1.54) is 12.4 Å². The Morgan fingerprint density at radius 1 is 1.39 bits per heavy atom. The highest BCUT2D eigenvalue weighted by Gasteiger charge is 2.16. The second kappa shape index (κ2) is 3.69. The van der Waals surface area contributed by atoms with Crippen LogP contribution in [0.1, 0.15) is 10.5 Å². The van der Waals surface area contributed by atoms with Gasteiger partial charge in [0.15, 0.2) is 5.69 Å². The topological polar surface area (TPSA) is 81.8 Å². The van der Waals surface area contributed by atoms with Gasteiger partial charge in [0.05, 0.1) is 17.5 Å². The van der Waals surface area contributed by atoms with Crippen LogP contribution in [0.25, 0.3) is 22.3 Å². The van der Waals surface area contributed by atoms with Gasteiger partial charge in [0.2, 0.25) is 0 Å². The quantitative estimate of drug-likeness (QED) is 0.648. The number of nitrogens with one attached hydrogen (secondary N) is 2. The van der Waals surface area contributed by atoms with Crippen LogP contribution in [0.2, 0.25) is 0 Å². The zero-order valence-corrected chi connectivity index (χ0v) is 9.07. The summed E-state index contributed by atoms with van der Waals surface area (Å²) in [6.07, 6.45) is 1.29. The number of imidazole rings is 1. The van der Waals surface area contributed by atoms with Crippen LogP contribution < -0.4 is 0 Å². The molecule has 0 radical (unpaired) electrons. The van der Waals surface area contributed by atoms with E-state index < -0.39 is 5.97 Å². The zero-order valence-electron chi connectivity index (χ0n) is 9.07. The molecule has 6 heteroatoms. The smallest absolute Gasteiger partial charge is 0.354 e. The number of aromatic amines is 2. The molecule has 3 N–H and O–H groups in total. The van der Waals surface area contributed by atoms with Gasteiger partial charge in [0.25, 0.3) is 0 Å². The Labute approximate surface area is 100 Å². The third kappa shape index (κ3) is 1.46. The molecule has 0 unspecified atom stereocenters. The molecule has 0 fully saturated rings. The molecule has 0 aliphatic carbocycles. The Morgan fingerprint density at radius 2 is 2.22 bits per heavy atom. The standard InChI is InChI=1S/C12H8FN3O2/c13-7-3-1-2-6-4-8(16-9(6)7)10-11(12(17)18)15-5-14-10/h1-5,16H,(H,14,15)(H,17,18). The minimum Gasteiger partial charge on any atom is -0.477 e. The molecule has 0 amide bonds. The lowest BCUT2D eigenvalue weighted by molar-refractivity contribution is 0.0692. The van der Waals surface area contributed by atoms with Gasteiger partial charge >= 0.3 is 5.97 Å². The number of fused-ring (bicyclic) bond motifs is 1. The highest BCUT2D eigenvalue weighted by molar-refractivity contribution is 5.94. The molecule has 2 aromatic heterocycles. The fourth-order valence-corrected chi connectivity index (χ4v) is 1.91. The van der Waals surface area contributed by atoms with Gasteiger partial charge in [-0.25, -0.2) is 14.2 Å².